The van der Waals surface area contributed by atoms with Crippen LogP contribution in [0, 0.1) is 11.7 Å². The number of hydrogen-bond acceptors (Lipinski definition) is 5. The summed E-state index contributed by atoms with van der Waals surface area (Å²) in [6.45, 7) is 4.35. The number of aromatic amines is 1. The van der Waals surface area contributed by atoms with Gasteiger partial charge in [-0.3, -0.25) is 5.10 Å². The second kappa shape index (κ2) is 8.31. The average molecular weight is 425 g/mol. The van der Waals surface area contributed by atoms with Crippen LogP contribution in [0.3, 0.4) is 0 Å². The lowest BCUT2D eigenvalue weighted by atomic mass is 9.82. The maximum atomic E-state index is 14.1. The van der Waals surface area contributed by atoms with Gasteiger partial charge in [0.2, 0.25) is 0 Å². The second-order valence-corrected chi connectivity index (χ2v) is 8.19. The smallest absolute Gasteiger partial charge is 0.338 e. The molecule has 0 aliphatic heterocycles. The Balaban J connectivity index is 1.75. The van der Waals surface area contributed by atoms with Crippen molar-refractivity contribution in [2.75, 3.05) is 0 Å². The van der Waals surface area contributed by atoms with Crippen molar-refractivity contribution in [2.24, 2.45) is 5.92 Å². The molecule has 0 spiro atoms. The van der Waals surface area contributed by atoms with E-state index in [9.17, 15) is 9.18 Å². The number of carboxylic acids is 1. The van der Waals surface area contributed by atoms with Crippen molar-refractivity contribution in [3.63, 3.8) is 0 Å². The van der Waals surface area contributed by atoms with Crippen LogP contribution in [0.5, 0.6) is 0 Å². The van der Waals surface area contributed by atoms with E-state index in [0.29, 0.717) is 16.5 Å². The molecule has 2 aromatic carbocycles. The average Bonchev–Trinajstić information content (AvgIpc) is 3.40. The van der Waals surface area contributed by atoms with Crippen LogP contribution < -0.4 is 0 Å². The number of aromatic nitrogens is 4. The first-order valence-corrected chi connectivity index (χ1v) is 10.6. The molecule has 1 unspecified atom stereocenters. The second-order valence-electron chi connectivity index (χ2n) is 7.16. The minimum Gasteiger partial charge on any atom is -0.478 e. The van der Waals surface area contributed by atoms with E-state index in [-0.39, 0.29) is 11.5 Å². The van der Waals surface area contributed by atoms with Gasteiger partial charge in [0.05, 0.1) is 15.8 Å². The highest BCUT2D eigenvalue weighted by Gasteiger charge is 2.26. The van der Waals surface area contributed by atoms with Gasteiger partial charge in [-0.15, -0.1) is 11.3 Å². The Morgan fingerprint density at radius 3 is 2.63 bits per heavy atom. The Morgan fingerprint density at radius 2 is 2.00 bits per heavy atom. The standard InChI is InChI=1S/C22H21FN4O2S/c1-3-12(4-2)19(20-24-11-25-27-20)13-6-8-17-18(10-13)30-21(26-17)14-5-7-15(22(28)29)16(23)9-14/h5-12,19H,3-4H2,1-2H3,(H,28,29)(H,24,25,27). The zero-order valence-corrected chi connectivity index (χ0v) is 17.4. The van der Waals surface area contributed by atoms with Gasteiger partial charge in [0, 0.05) is 11.5 Å². The summed E-state index contributed by atoms with van der Waals surface area (Å²) in [5.74, 6) is -0.790. The Bertz CT molecular complexity index is 1190. The van der Waals surface area contributed by atoms with Crippen LogP contribution in [-0.2, 0) is 0 Å². The molecular weight excluding hydrogens is 403 g/mol. The number of rotatable bonds is 7. The van der Waals surface area contributed by atoms with Gasteiger partial charge in [-0.2, -0.15) is 5.10 Å². The first kappa shape index (κ1) is 20.2. The predicted octanol–water partition coefficient (Wildman–Crippen LogP) is 5.49. The van der Waals surface area contributed by atoms with Gasteiger partial charge >= 0.3 is 5.97 Å². The molecule has 2 heterocycles. The maximum Gasteiger partial charge on any atom is 0.338 e. The minimum absolute atomic E-state index is 0.0773. The van der Waals surface area contributed by atoms with Crippen LogP contribution in [0.4, 0.5) is 4.39 Å². The quantitative estimate of drug-likeness (QED) is 0.409. The third-order valence-corrected chi connectivity index (χ3v) is 6.52. The molecule has 0 fully saturated rings. The topological polar surface area (TPSA) is 91.8 Å². The van der Waals surface area contributed by atoms with Crippen LogP contribution in [0.2, 0.25) is 0 Å². The number of fused-ring (bicyclic) bond motifs is 1. The largest absolute Gasteiger partial charge is 0.478 e. The first-order valence-electron chi connectivity index (χ1n) is 9.81. The zero-order valence-electron chi connectivity index (χ0n) is 16.6. The first-order chi connectivity index (χ1) is 14.5. The van der Waals surface area contributed by atoms with Crippen molar-refractivity contribution in [3.05, 3.63) is 65.5 Å². The number of nitrogens with zero attached hydrogens (tertiary/aromatic N) is 3. The molecule has 0 aliphatic carbocycles. The molecule has 4 rings (SSSR count). The molecule has 0 radical (unpaired) electrons. The molecule has 0 saturated carbocycles. The molecule has 2 aromatic heterocycles. The van der Waals surface area contributed by atoms with Crippen LogP contribution in [0.25, 0.3) is 20.8 Å². The van der Waals surface area contributed by atoms with Crippen molar-refractivity contribution in [2.45, 2.75) is 32.6 Å². The highest BCUT2D eigenvalue weighted by molar-refractivity contribution is 7.21. The molecule has 0 amide bonds. The normalized spacial score (nSPS) is 12.5. The SMILES string of the molecule is CCC(CC)C(c1ccc2nc(-c3ccc(C(=O)O)c(F)c3)sc2c1)c1nc[nH]n1. The number of hydrogen-bond donors (Lipinski definition) is 2. The van der Waals surface area contributed by atoms with Gasteiger partial charge in [0.25, 0.3) is 0 Å². The molecule has 0 bridgehead atoms. The van der Waals surface area contributed by atoms with Gasteiger partial charge in [-0.25, -0.2) is 19.2 Å². The molecule has 30 heavy (non-hydrogen) atoms. The maximum absolute atomic E-state index is 14.1. The summed E-state index contributed by atoms with van der Waals surface area (Å²) in [4.78, 5) is 20.1. The van der Waals surface area contributed by atoms with Gasteiger partial charge in [-0.1, -0.05) is 38.8 Å². The molecule has 4 aromatic rings. The summed E-state index contributed by atoms with van der Waals surface area (Å²) >= 11 is 1.46. The minimum atomic E-state index is -1.28. The van der Waals surface area contributed by atoms with E-state index in [2.05, 4.69) is 46.1 Å². The van der Waals surface area contributed by atoms with E-state index in [4.69, 9.17) is 5.11 Å². The van der Waals surface area contributed by atoms with Crippen molar-refractivity contribution in [1.82, 2.24) is 20.2 Å². The van der Waals surface area contributed by atoms with Crippen LogP contribution in [0.1, 0.15) is 54.4 Å². The van der Waals surface area contributed by atoms with Gasteiger partial charge in [0.1, 0.15) is 17.2 Å². The Hall–Kier alpha value is -3.13. The lowest BCUT2D eigenvalue weighted by molar-refractivity contribution is 0.0692. The van der Waals surface area contributed by atoms with Crippen molar-refractivity contribution >= 4 is 27.5 Å². The molecule has 0 saturated heterocycles. The van der Waals surface area contributed by atoms with E-state index in [1.165, 1.54) is 23.5 Å². The number of H-pyrrole nitrogens is 1. The zero-order chi connectivity index (χ0) is 21.3. The lowest BCUT2D eigenvalue weighted by Gasteiger charge is -2.23. The summed E-state index contributed by atoms with van der Waals surface area (Å²) in [6, 6.07) is 10.2. The van der Waals surface area contributed by atoms with Crippen LogP contribution >= 0.6 is 11.3 Å². The monoisotopic (exact) mass is 424 g/mol. The highest BCUT2D eigenvalue weighted by atomic mass is 32.1. The fraction of sp³-hybridized carbons (Fsp3) is 0.273. The van der Waals surface area contributed by atoms with E-state index in [0.717, 1.165) is 34.4 Å². The van der Waals surface area contributed by atoms with E-state index in [1.54, 1.807) is 12.4 Å². The third-order valence-electron chi connectivity index (χ3n) is 5.45. The van der Waals surface area contributed by atoms with E-state index in [1.807, 2.05) is 6.07 Å². The fourth-order valence-electron chi connectivity index (χ4n) is 3.84. The molecule has 8 heteroatoms. The molecule has 2 N–H and O–H groups in total. The Labute approximate surface area is 176 Å². The number of carbonyl (C=O) groups is 1. The predicted molar refractivity (Wildman–Crippen MR) is 114 cm³/mol. The number of halogens is 1. The summed E-state index contributed by atoms with van der Waals surface area (Å²) in [6.07, 6.45) is 3.62. The molecule has 1 atom stereocenters. The van der Waals surface area contributed by atoms with Crippen molar-refractivity contribution in [1.29, 1.82) is 0 Å². The highest BCUT2D eigenvalue weighted by Crippen LogP contribution is 2.38. The number of aromatic carboxylic acids is 1. The van der Waals surface area contributed by atoms with Crippen molar-refractivity contribution in [3.8, 4) is 10.6 Å². The van der Waals surface area contributed by atoms with E-state index < -0.39 is 11.8 Å². The summed E-state index contributed by atoms with van der Waals surface area (Å²) in [7, 11) is 0. The Morgan fingerprint density at radius 1 is 1.20 bits per heavy atom. The van der Waals surface area contributed by atoms with Crippen LogP contribution in [-0.4, -0.2) is 31.2 Å². The molecule has 154 valence electrons. The lowest BCUT2D eigenvalue weighted by Crippen LogP contribution is -2.14. The number of benzene rings is 2. The fourth-order valence-corrected chi connectivity index (χ4v) is 4.85. The van der Waals surface area contributed by atoms with Gasteiger partial charge < -0.3 is 5.11 Å². The summed E-state index contributed by atoms with van der Waals surface area (Å²) in [5, 5.41) is 16.8. The molecular formula is C22H21FN4O2S. The third kappa shape index (κ3) is 3.70. The number of thiazole rings is 1. The number of nitrogens with one attached hydrogen (secondary N) is 1. The molecule has 6 nitrogen and oxygen atoms in total. The number of carboxylic acid groups (broad SMARTS) is 1. The van der Waals surface area contributed by atoms with Crippen LogP contribution in [0.15, 0.2) is 42.7 Å². The summed E-state index contributed by atoms with van der Waals surface area (Å²) < 4.78 is 15.1. The summed E-state index contributed by atoms with van der Waals surface area (Å²) in [5.41, 5.74) is 2.16. The molecule has 0 aliphatic rings. The van der Waals surface area contributed by atoms with Gasteiger partial charge in [0.15, 0.2) is 5.82 Å². The Kier molecular flexibility index (Phi) is 5.59. The van der Waals surface area contributed by atoms with Gasteiger partial charge in [-0.05, 0) is 35.7 Å². The van der Waals surface area contributed by atoms with E-state index >= 15 is 0 Å². The van der Waals surface area contributed by atoms with Crippen molar-refractivity contribution < 1.29 is 14.3 Å².